The van der Waals surface area contributed by atoms with E-state index in [0.29, 0.717) is 79.5 Å². The summed E-state index contributed by atoms with van der Waals surface area (Å²) >= 11 is 1.35. The first-order valence-electron chi connectivity index (χ1n) is 20.5. The number of amidine groups is 1. The third-order valence-electron chi connectivity index (χ3n) is 10.2. The van der Waals surface area contributed by atoms with Gasteiger partial charge >= 0.3 is 0 Å². The van der Waals surface area contributed by atoms with E-state index in [0.717, 1.165) is 16.2 Å². The average Bonchev–Trinajstić information content (AvgIpc) is 3.52. The van der Waals surface area contributed by atoms with Crippen LogP contribution in [-0.4, -0.2) is 111 Å². The molecular formula is C44H50N10O7S. The molecule has 1 aromatic heterocycles. The quantitative estimate of drug-likeness (QED) is 0.0968. The van der Waals surface area contributed by atoms with Gasteiger partial charge in [-0.15, -0.1) is 0 Å². The summed E-state index contributed by atoms with van der Waals surface area (Å²) in [6.45, 7) is 10.4. The number of imide groups is 1. The number of ether oxygens (including phenoxy) is 1. The molecule has 17 nitrogen and oxygen atoms in total. The van der Waals surface area contributed by atoms with Gasteiger partial charge in [-0.3, -0.25) is 38.8 Å². The van der Waals surface area contributed by atoms with Gasteiger partial charge in [-0.05, 0) is 74.7 Å². The molecule has 324 valence electrons. The first-order chi connectivity index (χ1) is 30.0. The number of rotatable bonds is 14. The Labute approximate surface area is 363 Å². The minimum absolute atomic E-state index is 0.0236. The van der Waals surface area contributed by atoms with Crippen molar-refractivity contribution in [3.05, 3.63) is 95.3 Å². The lowest BCUT2D eigenvalue weighted by atomic mass is 10.1. The normalized spacial score (nSPS) is 16.6. The number of hydrogen-bond acceptors (Lipinski definition) is 14. The molecule has 18 heteroatoms. The predicted molar refractivity (Wildman–Crippen MR) is 239 cm³/mol. The molecular weight excluding hydrogens is 813 g/mol. The van der Waals surface area contributed by atoms with Gasteiger partial charge in [0.05, 0.1) is 28.6 Å². The second-order valence-electron chi connectivity index (χ2n) is 14.4. The Bertz CT molecular complexity index is 2350. The zero-order valence-electron chi connectivity index (χ0n) is 35.1. The van der Waals surface area contributed by atoms with Gasteiger partial charge in [0.1, 0.15) is 41.3 Å². The van der Waals surface area contributed by atoms with Crippen molar-refractivity contribution in [3.8, 4) is 11.5 Å². The van der Waals surface area contributed by atoms with E-state index < -0.39 is 23.8 Å². The van der Waals surface area contributed by atoms with Gasteiger partial charge in [-0.1, -0.05) is 49.9 Å². The second-order valence-corrected chi connectivity index (χ2v) is 15.6. The van der Waals surface area contributed by atoms with E-state index in [-0.39, 0.29) is 53.3 Å². The predicted octanol–water partition coefficient (Wildman–Crippen LogP) is 5.01. The first kappa shape index (κ1) is 44.9. The van der Waals surface area contributed by atoms with E-state index in [9.17, 15) is 28.8 Å². The third kappa shape index (κ3) is 10.8. The topological polar surface area (TPSA) is 222 Å². The molecule has 0 spiro atoms. The van der Waals surface area contributed by atoms with Gasteiger partial charge in [0.15, 0.2) is 5.17 Å². The van der Waals surface area contributed by atoms with E-state index in [1.807, 2.05) is 80.3 Å². The molecule has 1 fully saturated rings. The number of para-hydroxylation sites is 1. The number of aliphatic imine (C=N–C) groups is 1. The van der Waals surface area contributed by atoms with Gasteiger partial charge in [0, 0.05) is 50.9 Å². The van der Waals surface area contributed by atoms with Crippen LogP contribution in [-0.2, 0) is 19.2 Å². The van der Waals surface area contributed by atoms with E-state index >= 15 is 0 Å². The fourth-order valence-corrected chi connectivity index (χ4v) is 8.16. The van der Waals surface area contributed by atoms with Crippen LogP contribution in [0.5, 0.6) is 11.5 Å². The molecule has 0 aliphatic carbocycles. The number of benzene rings is 3. The standard InChI is InChI=1S/C42H44N10O7S.C2H6/c1-25-22-28(59-27-8-4-3-5-9-27)13-14-30(25)48-39(56)33-15-16-44-42(60-33)49-34-23-35(46-26(2)45-34)51-19-17-50(18-20-51)24-36(54)47-31-11-6-10-29-37(31)41(58)52(40(29)57)32(38(43)55)12-7-21-53;1-2/h3-6,8-11,13-14,21-23,32-33H,7,12,15-20,24H2,1-2H3,(H2,43,55)(H,47,54)(H,48,56)(H,44,45,46,49);1-2H3. The highest BCUT2D eigenvalue weighted by molar-refractivity contribution is 8.15. The Morgan fingerprint density at radius 2 is 1.66 bits per heavy atom. The van der Waals surface area contributed by atoms with Crippen molar-refractivity contribution in [1.29, 1.82) is 0 Å². The molecule has 5 amide bonds. The van der Waals surface area contributed by atoms with Crippen LogP contribution < -0.4 is 31.3 Å². The molecule has 1 saturated heterocycles. The van der Waals surface area contributed by atoms with E-state index in [1.54, 1.807) is 13.0 Å². The van der Waals surface area contributed by atoms with Gasteiger partial charge in [-0.25, -0.2) is 9.97 Å². The number of aromatic nitrogens is 2. The summed E-state index contributed by atoms with van der Waals surface area (Å²) in [5.41, 5.74) is 7.24. The number of aldehydes is 1. The monoisotopic (exact) mass is 862 g/mol. The number of carbonyl (C=O) groups is 6. The van der Waals surface area contributed by atoms with Crippen molar-refractivity contribution >= 4 is 75.8 Å². The lowest BCUT2D eigenvalue weighted by Gasteiger charge is -2.35. The van der Waals surface area contributed by atoms with Crippen molar-refractivity contribution in [2.24, 2.45) is 10.7 Å². The van der Waals surface area contributed by atoms with E-state index in [1.165, 1.54) is 23.9 Å². The number of primary amides is 1. The first-order valence-corrected chi connectivity index (χ1v) is 21.3. The number of piperazine rings is 1. The molecule has 2 unspecified atom stereocenters. The zero-order valence-corrected chi connectivity index (χ0v) is 35.9. The number of aryl methyl sites for hydroxylation is 2. The van der Waals surface area contributed by atoms with Crippen molar-refractivity contribution in [2.45, 2.75) is 58.2 Å². The van der Waals surface area contributed by atoms with Crippen molar-refractivity contribution in [3.63, 3.8) is 0 Å². The number of amides is 5. The molecule has 7 rings (SSSR count). The number of hydrogen-bond donors (Lipinski definition) is 4. The molecule has 2 atom stereocenters. The van der Waals surface area contributed by atoms with Crippen LogP contribution >= 0.6 is 11.8 Å². The summed E-state index contributed by atoms with van der Waals surface area (Å²) in [6, 6.07) is 20.1. The highest BCUT2D eigenvalue weighted by atomic mass is 32.2. The maximum Gasteiger partial charge on any atom is 0.264 e. The van der Waals surface area contributed by atoms with E-state index in [2.05, 4.69) is 35.8 Å². The Morgan fingerprint density at radius 3 is 2.37 bits per heavy atom. The highest BCUT2D eigenvalue weighted by Crippen LogP contribution is 2.32. The maximum atomic E-state index is 13.4. The lowest BCUT2D eigenvalue weighted by Crippen LogP contribution is -2.49. The number of nitrogens with one attached hydrogen (secondary N) is 3. The van der Waals surface area contributed by atoms with Crippen LogP contribution in [0, 0.1) is 13.8 Å². The zero-order chi connectivity index (χ0) is 44.3. The molecule has 3 aliphatic heterocycles. The van der Waals surface area contributed by atoms with Crippen LogP contribution in [0.2, 0.25) is 0 Å². The highest BCUT2D eigenvalue weighted by Gasteiger charge is 2.43. The van der Waals surface area contributed by atoms with Gasteiger partial charge in [0.2, 0.25) is 17.7 Å². The second kappa shape index (κ2) is 20.7. The maximum absolute atomic E-state index is 13.4. The van der Waals surface area contributed by atoms with Crippen LogP contribution in [0.25, 0.3) is 0 Å². The average molecular weight is 863 g/mol. The smallest absolute Gasteiger partial charge is 0.264 e. The summed E-state index contributed by atoms with van der Waals surface area (Å²) in [6.07, 6.45) is 1.01. The largest absolute Gasteiger partial charge is 0.457 e. The number of nitrogens with zero attached hydrogens (tertiary/aromatic N) is 6. The number of fused-ring (bicyclic) bond motifs is 1. The van der Waals surface area contributed by atoms with Crippen LogP contribution in [0.4, 0.5) is 23.0 Å². The number of carbonyl (C=O) groups excluding carboxylic acids is 6. The fourth-order valence-electron chi connectivity index (χ4n) is 7.18. The lowest BCUT2D eigenvalue weighted by molar-refractivity contribution is -0.122. The van der Waals surface area contributed by atoms with E-state index in [4.69, 9.17) is 10.5 Å². The number of thioether (sulfide) groups is 1. The van der Waals surface area contributed by atoms with Crippen LogP contribution in [0.1, 0.15) is 65.2 Å². The molecule has 3 aromatic carbocycles. The van der Waals surface area contributed by atoms with Crippen LogP contribution in [0.15, 0.2) is 77.8 Å². The van der Waals surface area contributed by atoms with Gasteiger partial charge in [0.25, 0.3) is 11.8 Å². The Balaban J connectivity index is 0.00000316. The molecule has 4 heterocycles. The summed E-state index contributed by atoms with van der Waals surface area (Å²) in [4.78, 5) is 94.9. The summed E-state index contributed by atoms with van der Waals surface area (Å²) in [7, 11) is 0. The molecule has 62 heavy (non-hydrogen) atoms. The molecule has 4 aromatic rings. The van der Waals surface area contributed by atoms with Gasteiger partial charge < -0.3 is 36.1 Å². The van der Waals surface area contributed by atoms with Gasteiger partial charge in [-0.2, -0.15) is 0 Å². The van der Waals surface area contributed by atoms with Crippen molar-refractivity contribution in [1.82, 2.24) is 19.8 Å². The number of nitrogens with two attached hydrogens (primary N) is 1. The van der Waals surface area contributed by atoms with Crippen LogP contribution in [0.3, 0.4) is 0 Å². The SMILES string of the molecule is CC.Cc1nc(NC2=NCCC(C(=O)Nc3ccc(Oc4ccccc4)cc3C)S2)cc(N2CCN(CC(=O)Nc3cccc4c3C(=O)N(C(CCC=O)C(N)=O)C4=O)CC2)n1. The molecule has 0 radical (unpaired) electrons. The fraction of sp³-hybridized carbons (Fsp3) is 0.341. The molecule has 0 bridgehead atoms. The number of anilines is 4. The van der Waals surface area contributed by atoms with Crippen molar-refractivity contribution < 1.29 is 33.5 Å². The Kier molecular flexibility index (Phi) is 15.0. The summed E-state index contributed by atoms with van der Waals surface area (Å²) < 4.78 is 5.93. The Morgan fingerprint density at radius 1 is 0.903 bits per heavy atom. The minimum atomic E-state index is -1.29. The third-order valence-corrected chi connectivity index (χ3v) is 11.4. The summed E-state index contributed by atoms with van der Waals surface area (Å²) in [5.74, 6) is 0.332. The molecule has 5 N–H and O–H groups in total. The van der Waals surface area contributed by atoms with Crippen molar-refractivity contribution in [2.75, 3.05) is 60.1 Å². The minimum Gasteiger partial charge on any atom is -0.457 e. The molecule has 3 aliphatic rings. The Hall–Kier alpha value is -6.66. The molecule has 0 saturated carbocycles. The summed E-state index contributed by atoms with van der Waals surface area (Å²) in [5, 5.41) is 9.33.